The molecule has 0 unspecified atom stereocenters. The van der Waals surface area contributed by atoms with Gasteiger partial charge in [0.25, 0.3) is 0 Å². The lowest BCUT2D eigenvalue weighted by Crippen LogP contribution is -2.04. The van der Waals surface area contributed by atoms with Crippen molar-refractivity contribution >= 4 is 43.4 Å². The van der Waals surface area contributed by atoms with Gasteiger partial charge in [-0.1, -0.05) is 25.3 Å². The highest BCUT2D eigenvalue weighted by Gasteiger charge is 2.15. The van der Waals surface area contributed by atoms with E-state index in [9.17, 15) is 14.0 Å². The standard InChI is InChI=1S/C21H17FO4S/c1-3-18(23)25-11-5-6-13-7-8-14-15-9-10-16(26-19(24)4-2)20(22)21(15)27-17(14)12-13/h3-4,7-10,12H,1-2,5-6,11H2. The molecule has 0 saturated heterocycles. The van der Waals surface area contributed by atoms with Crippen LogP contribution in [0.25, 0.3) is 20.2 Å². The number of hydrogen-bond acceptors (Lipinski definition) is 5. The zero-order chi connectivity index (χ0) is 19.4. The van der Waals surface area contributed by atoms with Crippen molar-refractivity contribution in [3.05, 3.63) is 67.0 Å². The van der Waals surface area contributed by atoms with Crippen LogP contribution in [-0.2, 0) is 20.7 Å². The van der Waals surface area contributed by atoms with Gasteiger partial charge in [-0.15, -0.1) is 11.3 Å². The van der Waals surface area contributed by atoms with Crippen LogP contribution in [0.1, 0.15) is 12.0 Å². The molecule has 6 heteroatoms. The Labute approximate surface area is 159 Å². The first-order chi connectivity index (χ1) is 13.0. The van der Waals surface area contributed by atoms with Crippen LogP contribution in [0.4, 0.5) is 4.39 Å². The maximum absolute atomic E-state index is 14.7. The Balaban J connectivity index is 1.84. The fraction of sp³-hybridized carbons (Fsp3) is 0.143. The van der Waals surface area contributed by atoms with Gasteiger partial charge in [0.2, 0.25) is 0 Å². The molecule has 0 aliphatic rings. The molecule has 0 bridgehead atoms. The quantitative estimate of drug-likeness (QED) is 0.250. The Morgan fingerprint density at radius 1 is 1.07 bits per heavy atom. The average molecular weight is 384 g/mol. The van der Waals surface area contributed by atoms with Crippen LogP contribution < -0.4 is 4.74 Å². The summed E-state index contributed by atoms with van der Waals surface area (Å²) in [5, 5.41) is 1.72. The number of halogens is 1. The zero-order valence-corrected chi connectivity index (χ0v) is 15.3. The van der Waals surface area contributed by atoms with Gasteiger partial charge in [-0.2, -0.15) is 0 Å². The minimum Gasteiger partial charge on any atom is -0.463 e. The number of carbonyl (C=O) groups excluding carboxylic acids is 2. The molecule has 2 aromatic carbocycles. The number of thiophene rings is 1. The minimum absolute atomic E-state index is 0.108. The van der Waals surface area contributed by atoms with Gasteiger partial charge < -0.3 is 9.47 Å². The third-order valence-electron chi connectivity index (χ3n) is 4.01. The van der Waals surface area contributed by atoms with Crippen molar-refractivity contribution in [1.82, 2.24) is 0 Å². The van der Waals surface area contributed by atoms with Crippen molar-refractivity contribution in [2.45, 2.75) is 12.8 Å². The molecule has 0 radical (unpaired) electrons. The SMILES string of the molecule is C=CC(=O)OCCCc1ccc2c(c1)sc1c(F)c(OC(=O)C=C)ccc12. The lowest BCUT2D eigenvalue weighted by molar-refractivity contribution is -0.137. The van der Waals surface area contributed by atoms with Crippen molar-refractivity contribution in [2.75, 3.05) is 6.61 Å². The van der Waals surface area contributed by atoms with Crippen LogP contribution in [0.15, 0.2) is 55.6 Å². The molecule has 0 saturated carbocycles. The first-order valence-corrected chi connectivity index (χ1v) is 9.12. The van der Waals surface area contributed by atoms with E-state index in [-0.39, 0.29) is 5.75 Å². The summed E-state index contributed by atoms with van der Waals surface area (Å²) in [5.74, 6) is -1.79. The van der Waals surface area contributed by atoms with E-state index in [1.807, 2.05) is 18.2 Å². The van der Waals surface area contributed by atoms with Crippen LogP contribution in [0, 0.1) is 5.82 Å². The molecule has 0 aliphatic heterocycles. The third kappa shape index (κ3) is 4.06. The minimum atomic E-state index is -0.700. The predicted molar refractivity (Wildman–Crippen MR) is 105 cm³/mol. The van der Waals surface area contributed by atoms with Gasteiger partial charge in [-0.3, -0.25) is 0 Å². The molecule has 3 aromatic rings. The molecule has 1 heterocycles. The van der Waals surface area contributed by atoms with Crippen LogP contribution in [0.5, 0.6) is 5.75 Å². The van der Waals surface area contributed by atoms with E-state index in [0.29, 0.717) is 17.7 Å². The second-order valence-corrected chi connectivity index (χ2v) is 6.84. The van der Waals surface area contributed by atoms with E-state index in [4.69, 9.17) is 9.47 Å². The number of rotatable bonds is 7. The maximum atomic E-state index is 14.7. The van der Waals surface area contributed by atoms with E-state index in [2.05, 4.69) is 13.2 Å². The Bertz CT molecular complexity index is 1050. The topological polar surface area (TPSA) is 52.6 Å². The average Bonchev–Trinajstić information content (AvgIpc) is 3.05. The van der Waals surface area contributed by atoms with Gasteiger partial charge in [0.1, 0.15) is 0 Å². The van der Waals surface area contributed by atoms with Gasteiger partial charge >= 0.3 is 11.9 Å². The number of hydrogen-bond donors (Lipinski definition) is 0. The fourth-order valence-electron chi connectivity index (χ4n) is 2.73. The summed E-state index contributed by atoms with van der Waals surface area (Å²) in [6.45, 7) is 6.98. The van der Waals surface area contributed by atoms with Gasteiger partial charge in [-0.05, 0) is 36.6 Å². The maximum Gasteiger partial charge on any atom is 0.335 e. The summed E-state index contributed by atoms with van der Waals surface area (Å²) in [5.41, 5.74) is 1.07. The van der Waals surface area contributed by atoms with Crippen LogP contribution in [-0.4, -0.2) is 18.5 Å². The summed E-state index contributed by atoms with van der Waals surface area (Å²) >= 11 is 1.31. The number of ether oxygens (including phenoxy) is 2. The Morgan fingerprint density at radius 2 is 1.81 bits per heavy atom. The third-order valence-corrected chi connectivity index (χ3v) is 5.17. The van der Waals surface area contributed by atoms with Gasteiger partial charge in [0, 0.05) is 27.6 Å². The molecule has 0 amide bonds. The smallest absolute Gasteiger partial charge is 0.335 e. The summed E-state index contributed by atoms with van der Waals surface area (Å²) < 4.78 is 26.0. The summed E-state index contributed by atoms with van der Waals surface area (Å²) in [6.07, 6.45) is 3.55. The Hall–Kier alpha value is -2.99. The van der Waals surface area contributed by atoms with Crippen LogP contribution in [0.2, 0.25) is 0 Å². The Kier molecular flexibility index (Phi) is 5.66. The van der Waals surface area contributed by atoms with Crippen molar-refractivity contribution in [3.63, 3.8) is 0 Å². The number of esters is 2. The van der Waals surface area contributed by atoms with Crippen molar-refractivity contribution in [2.24, 2.45) is 0 Å². The zero-order valence-electron chi connectivity index (χ0n) is 14.5. The number of benzene rings is 2. The number of aryl methyl sites for hydroxylation is 1. The molecule has 138 valence electrons. The number of fused-ring (bicyclic) bond motifs is 3. The first-order valence-electron chi connectivity index (χ1n) is 8.30. The molecule has 0 atom stereocenters. The predicted octanol–water partition coefficient (Wildman–Crippen LogP) is 4.95. The van der Waals surface area contributed by atoms with Crippen molar-refractivity contribution in [3.8, 4) is 5.75 Å². The molecule has 1 aromatic heterocycles. The molecular weight excluding hydrogens is 367 g/mol. The molecule has 27 heavy (non-hydrogen) atoms. The van der Waals surface area contributed by atoms with Gasteiger partial charge in [0.05, 0.1) is 11.3 Å². The molecule has 0 aliphatic carbocycles. The lowest BCUT2D eigenvalue weighted by Gasteiger charge is -2.04. The molecule has 0 N–H and O–H groups in total. The monoisotopic (exact) mass is 384 g/mol. The second kappa shape index (κ2) is 8.14. The van der Waals surface area contributed by atoms with E-state index in [1.54, 1.807) is 6.07 Å². The highest BCUT2D eigenvalue weighted by molar-refractivity contribution is 7.25. The molecule has 3 rings (SSSR count). The summed E-state index contributed by atoms with van der Waals surface area (Å²) in [7, 11) is 0. The Morgan fingerprint density at radius 3 is 2.56 bits per heavy atom. The largest absolute Gasteiger partial charge is 0.463 e. The van der Waals surface area contributed by atoms with E-state index >= 15 is 0 Å². The van der Waals surface area contributed by atoms with E-state index in [0.717, 1.165) is 39.6 Å². The van der Waals surface area contributed by atoms with Crippen LogP contribution in [0.3, 0.4) is 0 Å². The molecular formula is C21H17FO4S. The molecule has 0 fully saturated rings. The van der Waals surface area contributed by atoms with Crippen molar-refractivity contribution < 1.29 is 23.5 Å². The first kappa shape index (κ1) is 18.8. The highest BCUT2D eigenvalue weighted by atomic mass is 32.1. The number of carbonyl (C=O) groups is 2. The summed E-state index contributed by atoms with van der Waals surface area (Å²) in [6, 6.07) is 9.14. The lowest BCUT2D eigenvalue weighted by atomic mass is 10.1. The van der Waals surface area contributed by atoms with Gasteiger partial charge in [-0.25, -0.2) is 14.0 Å². The van der Waals surface area contributed by atoms with Crippen molar-refractivity contribution in [1.29, 1.82) is 0 Å². The van der Waals surface area contributed by atoms with E-state index < -0.39 is 17.8 Å². The van der Waals surface area contributed by atoms with Gasteiger partial charge in [0.15, 0.2) is 11.6 Å². The normalized spacial score (nSPS) is 10.7. The highest BCUT2D eigenvalue weighted by Crippen LogP contribution is 2.39. The molecule has 0 spiro atoms. The van der Waals surface area contributed by atoms with Crippen LogP contribution >= 0.6 is 11.3 Å². The fourth-order valence-corrected chi connectivity index (χ4v) is 3.92. The molecule has 4 nitrogen and oxygen atoms in total. The summed E-state index contributed by atoms with van der Waals surface area (Å²) in [4.78, 5) is 22.4. The van der Waals surface area contributed by atoms with E-state index in [1.165, 1.54) is 17.4 Å². The second-order valence-electron chi connectivity index (χ2n) is 5.79.